The molecule has 0 spiro atoms. The molecular formula is C15H15N3. The minimum atomic E-state index is 0.887. The predicted octanol–water partition coefficient (Wildman–Crippen LogP) is 3.27. The monoisotopic (exact) mass is 237 g/mol. The number of pyridine rings is 1. The highest BCUT2D eigenvalue weighted by molar-refractivity contribution is 5.67. The van der Waals surface area contributed by atoms with Crippen LogP contribution in [-0.4, -0.2) is 14.6 Å². The average Bonchev–Trinajstić information content (AvgIpc) is 2.81. The van der Waals surface area contributed by atoms with Crippen LogP contribution in [0.15, 0.2) is 42.6 Å². The molecule has 0 saturated carbocycles. The summed E-state index contributed by atoms with van der Waals surface area (Å²) in [5.74, 6) is 1.00. The predicted molar refractivity (Wildman–Crippen MR) is 72.5 cm³/mol. The van der Waals surface area contributed by atoms with Gasteiger partial charge < -0.3 is 0 Å². The highest BCUT2D eigenvalue weighted by Crippen LogP contribution is 2.23. The molecule has 3 aromatic rings. The van der Waals surface area contributed by atoms with Crippen LogP contribution in [0.1, 0.15) is 18.3 Å². The number of aryl methyl sites for hydroxylation is 2. The molecule has 3 nitrogen and oxygen atoms in total. The maximum Gasteiger partial charge on any atom is 0.160 e. The summed E-state index contributed by atoms with van der Waals surface area (Å²) in [4.78, 5) is 0. The fourth-order valence-corrected chi connectivity index (χ4v) is 2.24. The third kappa shape index (κ3) is 1.68. The Morgan fingerprint density at radius 2 is 1.89 bits per heavy atom. The third-order valence-electron chi connectivity index (χ3n) is 3.25. The van der Waals surface area contributed by atoms with E-state index in [1.807, 2.05) is 6.07 Å². The summed E-state index contributed by atoms with van der Waals surface area (Å²) in [5, 5.41) is 8.34. The van der Waals surface area contributed by atoms with E-state index in [4.69, 9.17) is 0 Å². The lowest BCUT2D eigenvalue weighted by Gasteiger charge is -2.06. The van der Waals surface area contributed by atoms with Gasteiger partial charge >= 0.3 is 0 Å². The summed E-state index contributed by atoms with van der Waals surface area (Å²) in [5.41, 5.74) is 4.65. The quantitative estimate of drug-likeness (QED) is 0.684. The average molecular weight is 237 g/mol. The number of rotatable bonds is 2. The number of nitrogens with zero attached hydrogens (tertiary/aromatic N) is 3. The van der Waals surface area contributed by atoms with Gasteiger partial charge in [-0.3, -0.25) is 4.40 Å². The standard InChI is InChI=1S/C15H15N3/c1-3-14-16-17-15-9-8-12(10-18(14)15)13-7-5-4-6-11(13)2/h4-10H,3H2,1-2H3. The molecule has 3 heteroatoms. The van der Waals surface area contributed by atoms with Crippen molar-refractivity contribution in [2.75, 3.05) is 0 Å². The van der Waals surface area contributed by atoms with E-state index in [1.165, 1.54) is 16.7 Å². The first-order valence-corrected chi connectivity index (χ1v) is 6.19. The van der Waals surface area contributed by atoms with Crippen LogP contribution >= 0.6 is 0 Å². The number of aromatic nitrogens is 3. The van der Waals surface area contributed by atoms with Gasteiger partial charge in [0.1, 0.15) is 5.82 Å². The zero-order chi connectivity index (χ0) is 12.5. The summed E-state index contributed by atoms with van der Waals surface area (Å²) in [7, 11) is 0. The second-order valence-electron chi connectivity index (χ2n) is 4.43. The lowest BCUT2D eigenvalue weighted by molar-refractivity contribution is 0.910. The van der Waals surface area contributed by atoms with Gasteiger partial charge in [0.05, 0.1) is 0 Å². The molecule has 2 aromatic heterocycles. The minimum absolute atomic E-state index is 0.887. The van der Waals surface area contributed by atoms with Gasteiger partial charge in [0.25, 0.3) is 0 Å². The van der Waals surface area contributed by atoms with Crippen LogP contribution in [0.3, 0.4) is 0 Å². The summed E-state index contributed by atoms with van der Waals surface area (Å²) in [6.07, 6.45) is 3.01. The molecule has 1 aromatic carbocycles. The van der Waals surface area contributed by atoms with Gasteiger partial charge in [-0.05, 0) is 35.7 Å². The van der Waals surface area contributed by atoms with Crippen molar-refractivity contribution in [3.05, 3.63) is 54.0 Å². The Bertz CT molecular complexity index is 698. The molecule has 0 aliphatic carbocycles. The molecule has 0 saturated heterocycles. The van der Waals surface area contributed by atoms with Crippen molar-refractivity contribution in [3.8, 4) is 11.1 Å². The molecule has 0 radical (unpaired) electrons. The van der Waals surface area contributed by atoms with Gasteiger partial charge in [0.15, 0.2) is 5.65 Å². The molecule has 2 heterocycles. The van der Waals surface area contributed by atoms with Crippen LogP contribution in [0.2, 0.25) is 0 Å². The molecule has 0 amide bonds. The second kappa shape index (κ2) is 4.26. The van der Waals surface area contributed by atoms with Crippen molar-refractivity contribution in [1.29, 1.82) is 0 Å². The molecule has 0 N–H and O–H groups in total. The summed E-state index contributed by atoms with van der Waals surface area (Å²) < 4.78 is 2.07. The van der Waals surface area contributed by atoms with E-state index in [1.54, 1.807) is 0 Å². The van der Waals surface area contributed by atoms with E-state index in [0.717, 1.165) is 17.9 Å². The lowest BCUT2D eigenvalue weighted by Crippen LogP contribution is -1.93. The van der Waals surface area contributed by atoms with Gasteiger partial charge in [-0.2, -0.15) is 0 Å². The Balaban J connectivity index is 2.21. The van der Waals surface area contributed by atoms with Gasteiger partial charge in [-0.1, -0.05) is 31.2 Å². The summed E-state index contributed by atoms with van der Waals surface area (Å²) >= 11 is 0. The SMILES string of the molecule is CCc1nnc2ccc(-c3ccccc3C)cn12. The van der Waals surface area contributed by atoms with E-state index in [9.17, 15) is 0 Å². The lowest BCUT2D eigenvalue weighted by atomic mass is 10.0. The van der Waals surface area contributed by atoms with Crippen LogP contribution < -0.4 is 0 Å². The van der Waals surface area contributed by atoms with Crippen LogP contribution in [0.5, 0.6) is 0 Å². The molecule has 0 fully saturated rings. The first-order valence-electron chi connectivity index (χ1n) is 6.19. The van der Waals surface area contributed by atoms with E-state index < -0.39 is 0 Å². The number of hydrogen-bond donors (Lipinski definition) is 0. The largest absolute Gasteiger partial charge is 0.286 e. The van der Waals surface area contributed by atoms with Crippen molar-refractivity contribution < 1.29 is 0 Å². The molecular weight excluding hydrogens is 222 g/mol. The van der Waals surface area contributed by atoms with E-state index in [0.29, 0.717) is 0 Å². The maximum atomic E-state index is 4.18. The zero-order valence-electron chi connectivity index (χ0n) is 10.6. The van der Waals surface area contributed by atoms with Gasteiger partial charge in [0, 0.05) is 12.6 Å². The Labute approximate surface area is 106 Å². The molecule has 0 aliphatic heterocycles. The Morgan fingerprint density at radius 3 is 2.67 bits per heavy atom. The minimum Gasteiger partial charge on any atom is -0.286 e. The topological polar surface area (TPSA) is 30.2 Å². The normalized spacial score (nSPS) is 11.0. The van der Waals surface area contributed by atoms with E-state index >= 15 is 0 Å². The molecule has 0 aliphatic rings. The summed E-state index contributed by atoms with van der Waals surface area (Å²) in [6.45, 7) is 4.23. The Hall–Kier alpha value is -2.16. The Kier molecular flexibility index (Phi) is 2.59. The van der Waals surface area contributed by atoms with Crippen LogP contribution in [0.4, 0.5) is 0 Å². The number of fused-ring (bicyclic) bond motifs is 1. The van der Waals surface area contributed by atoms with Crippen LogP contribution in [0.25, 0.3) is 16.8 Å². The zero-order valence-corrected chi connectivity index (χ0v) is 10.6. The van der Waals surface area contributed by atoms with Gasteiger partial charge in [-0.15, -0.1) is 10.2 Å². The number of benzene rings is 1. The highest BCUT2D eigenvalue weighted by Gasteiger charge is 2.06. The van der Waals surface area contributed by atoms with Crippen molar-refractivity contribution in [2.24, 2.45) is 0 Å². The first-order chi connectivity index (χ1) is 8.79. The third-order valence-corrected chi connectivity index (χ3v) is 3.25. The highest BCUT2D eigenvalue weighted by atomic mass is 15.2. The maximum absolute atomic E-state index is 4.18. The molecule has 18 heavy (non-hydrogen) atoms. The molecule has 0 bridgehead atoms. The first kappa shape index (κ1) is 11.0. The fourth-order valence-electron chi connectivity index (χ4n) is 2.24. The molecule has 0 unspecified atom stereocenters. The summed E-state index contributed by atoms with van der Waals surface area (Å²) in [6, 6.07) is 12.5. The van der Waals surface area contributed by atoms with Crippen LogP contribution in [0, 0.1) is 6.92 Å². The van der Waals surface area contributed by atoms with E-state index in [2.05, 4.69) is 65.0 Å². The second-order valence-corrected chi connectivity index (χ2v) is 4.43. The van der Waals surface area contributed by atoms with Crippen molar-refractivity contribution in [1.82, 2.24) is 14.6 Å². The number of hydrogen-bond acceptors (Lipinski definition) is 2. The molecule has 0 atom stereocenters. The van der Waals surface area contributed by atoms with E-state index in [-0.39, 0.29) is 0 Å². The smallest absolute Gasteiger partial charge is 0.160 e. The van der Waals surface area contributed by atoms with Crippen molar-refractivity contribution in [2.45, 2.75) is 20.3 Å². The Morgan fingerprint density at radius 1 is 1.06 bits per heavy atom. The van der Waals surface area contributed by atoms with Crippen molar-refractivity contribution in [3.63, 3.8) is 0 Å². The van der Waals surface area contributed by atoms with Crippen molar-refractivity contribution >= 4 is 5.65 Å². The van der Waals surface area contributed by atoms with Crippen LogP contribution in [-0.2, 0) is 6.42 Å². The molecule has 3 rings (SSSR count). The van der Waals surface area contributed by atoms with Gasteiger partial charge in [0.2, 0.25) is 0 Å². The van der Waals surface area contributed by atoms with Gasteiger partial charge in [-0.25, -0.2) is 0 Å². The fraction of sp³-hybridized carbons (Fsp3) is 0.200. The molecule has 90 valence electrons.